The highest BCUT2D eigenvalue weighted by atomic mass is 19.3. The topological polar surface area (TPSA) is 55.9 Å². The van der Waals surface area contributed by atoms with Gasteiger partial charge in [-0.05, 0) is 31.9 Å². The number of aryl methyl sites for hydroxylation is 2. The minimum atomic E-state index is -2.65. The normalized spacial score (nSPS) is 15.1. The summed E-state index contributed by atoms with van der Waals surface area (Å²) in [6.07, 6.45) is 2.91. The number of anilines is 1. The Morgan fingerprint density at radius 3 is 2.69 bits per heavy atom. The molecule has 7 heteroatoms. The van der Waals surface area contributed by atoms with Gasteiger partial charge in [-0.2, -0.15) is 0 Å². The zero-order valence-electron chi connectivity index (χ0n) is 14.5. The van der Waals surface area contributed by atoms with Crippen molar-refractivity contribution in [2.75, 3.05) is 5.32 Å². The Bertz CT molecular complexity index is 862. The van der Waals surface area contributed by atoms with Crippen molar-refractivity contribution in [1.29, 1.82) is 0 Å². The summed E-state index contributed by atoms with van der Waals surface area (Å²) < 4.78 is 32.1. The summed E-state index contributed by atoms with van der Waals surface area (Å²) in [5.41, 5.74) is 3.38. The number of nitrogens with zero attached hydrogens (tertiary/aromatic N) is 3. The molecule has 26 heavy (non-hydrogen) atoms. The van der Waals surface area contributed by atoms with Gasteiger partial charge in [0.2, 0.25) is 5.76 Å². The molecule has 1 N–H and O–H groups in total. The van der Waals surface area contributed by atoms with Crippen LogP contribution in [0.5, 0.6) is 0 Å². The van der Waals surface area contributed by atoms with Crippen molar-refractivity contribution in [1.82, 2.24) is 14.7 Å². The molecule has 1 aromatic carbocycles. The van der Waals surface area contributed by atoms with Gasteiger partial charge in [0.1, 0.15) is 11.5 Å². The molecule has 1 unspecified atom stereocenters. The Balaban J connectivity index is 1.46. The summed E-state index contributed by atoms with van der Waals surface area (Å²) in [5, 5.41) is 6.95. The summed E-state index contributed by atoms with van der Waals surface area (Å²) >= 11 is 0. The van der Waals surface area contributed by atoms with Gasteiger partial charge in [-0.15, -0.1) is 0 Å². The molecule has 3 heterocycles. The van der Waals surface area contributed by atoms with Gasteiger partial charge in [-0.3, -0.25) is 0 Å². The van der Waals surface area contributed by atoms with Crippen molar-refractivity contribution in [3.05, 3.63) is 53.8 Å². The van der Waals surface area contributed by atoms with E-state index in [9.17, 15) is 8.78 Å². The number of hydrogen-bond donors (Lipinski definition) is 1. The van der Waals surface area contributed by atoms with Crippen LogP contribution in [0.4, 0.5) is 14.5 Å². The molecular weight excluding hydrogens is 338 g/mol. The minimum Gasteiger partial charge on any atom is -0.377 e. The molecule has 0 radical (unpaired) electrons. The lowest BCUT2D eigenvalue weighted by Gasteiger charge is -2.12. The molecule has 0 amide bonds. The zero-order valence-corrected chi connectivity index (χ0v) is 14.5. The lowest BCUT2D eigenvalue weighted by molar-refractivity contribution is 0.112. The number of fused-ring (bicyclic) bond motifs is 1. The van der Waals surface area contributed by atoms with Crippen molar-refractivity contribution >= 4 is 5.69 Å². The van der Waals surface area contributed by atoms with Gasteiger partial charge >= 0.3 is 0 Å². The first-order valence-electron chi connectivity index (χ1n) is 8.78. The average Bonchev–Trinajstić information content (AvgIpc) is 3.29. The first kappa shape index (κ1) is 16.8. The predicted octanol–water partition coefficient (Wildman–Crippen LogP) is 4.99. The fourth-order valence-electron chi connectivity index (χ4n) is 3.22. The molecule has 2 aromatic heterocycles. The fourth-order valence-corrected chi connectivity index (χ4v) is 3.22. The third-order valence-electron chi connectivity index (χ3n) is 4.68. The van der Waals surface area contributed by atoms with Crippen LogP contribution in [0, 0.1) is 0 Å². The smallest absolute Gasteiger partial charge is 0.298 e. The predicted molar refractivity (Wildman–Crippen MR) is 94.1 cm³/mol. The maximum absolute atomic E-state index is 12.6. The highest BCUT2D eigenvalue weighted by Gasteiger charge is 2.18. The molecule has 1 aliphatic heterocycles. The van der Waals surface area contributed by atoms with Gasteiger partial charge in [0.15, 0.2) is 0 Å². The van der Waals surface area contributed by atoms with E-state index in [4.69, 9.17) is 4.98 Å². The molecule has 0 bridgehead atoms. The first-order valence-corrected chi connectivity index (χ1v) is 8.78. The molecule has 136 valence electrons. The Hall–Kier alpha value is -2.70. The number of aromatic nitrogens is 3. The molecule has 4 rings (SSSR count). The third-order valence-corrected chi connectivity index (χ3v) is 4.68. The van der Waals surface area contributed by atoms with Crippen LogP contribution in [-0.2, 0) is 13.0 Å². The lowest BCUT2D eigenvalue weighted by atomic mass is 10.1. The Kier molecular flexibility index (Phi) is 4.44. The number of alkyl halides is 2. The number of benzene rings is 1. The maximum Gasteiger partial charge on any atom is 0.298 e. The maximum atomic E-state index is 12.6. The molecule has 0 fully saturated rings. The highest BCUT2D eigenvalue weighted by molar-refractivity contribution is 5.62. The third kappa shape index (κ3) is 3.34. The molecular formula is C19H20F2N4O. The van der Waals surface area contributed by atoms with Crippen LogP contribution in [0.25, 0.3) is 11.3 Å². The van der Waals surface area contributed by atoms with E-state index < -0.39 is 12.2 Å². The summed E-state index contributed by atoms with van der Waals surface area (Å²) in [6.45, 7) is 2.89. The van der Waals surface area contributed by atoms with E-state index in [0.29, 0.717) is 5.69 Å². The van der Waals surface area contributed by atoms with E-state index in [2.05, 4.69) is 25.8 Å². The van der Waals surface area contributed by atoms with Gasteiger partial charge in [-0.25, -0.2) is 13.8 Å². The highest BCUT2D eigenvalue weighted by Crippen LogP contribution is 2.27. The number of hydrogen-bond acceptors (Lipinski definition) is 4. The Morgan fingerprint density at radius 1 is 1.19 bits per heavy atom. The summed E-state index contributed by atoms with van der Waals surface area (Å²) in [7, 11) is 0. The van der Waals surface area contributed by atoms with Crippen molar-refractivity contribution < 1.29 is 13.3 Å². The van der Waals surface area contributed by atoms with Gasteiger partial charge in [0.25, 0.3) is 6.43 Å². The van der Waals surface area contributed by atoms with Gasteiger partial charge < -0.3 is 14.4 Å². The standard InChI is InChI=1S/C19H20F2N4O/c1-12(15-10-17(19(20)21)26-24-15)22-14-7-5-13(6-8-14)16-11-25-9-3-2-4-18(25)23-16/h5-8,10-12,19,22H,2-4,9H2,1H3. The number of imidazole rings is 1. The summed E-state index contributed by atoms with van der Waals surface area (Å²) in [5.74, 6) is 0.746. The quantitative estimate of drug-likeness (QED) is 0.698. The second kappa shape index (κ2) is 6.90. The van der Waals surface area contributed by atoms with E-state index in [1.807, 2.05) is 31.2 Å². The van der Waals surface area contributed by atoms with Gasteiger partial charge in [-0.1, -0.05) is 17.3 Å². The van der Waals surface area contributed by atoms with E-state index >= 15 is 0 Å². The molecule has 0 saturated carbocycles. The van der Waals surface area contributed by atoms with Crippen molar-refractivity contribution in [3.63, 3.8) is 0 Å². The van der Waals surface area contributed by atoms with Crippen LogP contribution < -0.4 is 5.32 Å². The minimum absolute atomic E-state index is 0.239. The number of rotatable bonds is 5. The van der Waals surface area contributed by atoms with E-state index in [-0.39, 0.29) is 6.04 Å². The van der Waals surface area contributed by atoms with E-state index in [1.54, 1.807) is 0 Å². The number of nitrogens with one attached hydrogen (secondary N) is 1. The Morgan fingerprint density at radius 2 is 2.00 bits per heavy atom. The largest absolute Gasteiger partial charge is 0.377 e. The van der Waals surface area contributed by atoms with Gasteiger partial charge in [0.05, 0.1) is 11.7 Å². The molecule has 0 saturated heterocycles. The Labute approximate surface area is 150 Å². The average molecular weight is 358 g/mol. The fraction of sp³-hybridized carbons (Fsp3) is 0.368. The van der Waals surface area contributed by atoms with E-state index in [1.165, 1.54) is 18.9 Å². The van der Waals surface area contributed by atoms with Crippen molar-refractivity contribution in [3.8, 4) is 11.3 Å². The lowest BCUT2D eigenvalue weighted by Crippen LogP contribution is -2.08. The van der Waals surface area contributed by atoms with Gasteiger partial charge in [0, 0.05) is 36.5 Å². The monoisotopic (exact) mass is 358 g/mol. The zero-order chi connectivity index (χ0) is 18.1. The van der Waals surface area contributed by atoms with Crippen LogP contribution in [0.2, 0.25) is 0 Å². The van der Waals surface area contributed by atoms with Crippen LogP contribution in [-0.4, -0.2) is 14.7 Å². The van der Waals surface area contributed by atoms with Crippen LogP contribution >= 0.6 is 0 Å². The molecule has 0 spiro atoms. The molecule has 1 aliphatic rings. The van der Waals surface area contributed by atoms with Crippen molar-refractivity contribution in [2.24, 2.45) is 0 Å². The molecule has 5 nitrogen and oxygen atoms in total. The summed E-state index contributed by atoms with van der Waals surface area (Å²) in [4.78, 5) is 4.73. The molecule has 3 aromatic rings. The molecule has 0 aliphatic carbocycles. The molecule has 1 atom stereocenters. The van der Waals surface area contributed by atoms with E-state index in [0.717, 1.165) is 35.7 Å². The second-order valence-electron chi connectivity index (χ2n) is 6.59. The van der Waals surface area contributed by atoms with Crippen LogP contribution in [0.3, 0.4) is 0 Å². The first-order chi connectivity index (χ1) is 12.6. The van der Waals surface area contributed by atoms with Crippen LogP contribution in [0.1, 0.15) is 49.5 Å². The summed E-state index contributed by atoms with van der Waals surface area (Å²) in [6, 6.07) is 8.98. The van der Waals surface area contributed by atoms with Crippen molar-refractivity contribution in [2.45, 2.75) is 45.2 Å². The van der Waals surface area contributed by atoms with Crippen LogP contribution in [0.15, 0.2) is 41.1 Å². The number of halogens is 2. The SMILES string of the molecule is CC(Nc1ccc(-c2cn3c(n2)CCCC3)cc1)c1cc(C(F)F)on1. The second-order valence-corrected chi connectivity index (χ2v) is 6.59.